The van der Waals surface area contributed by atoms with E-state index in [2.05, 4.69) is 69.6 Å². The molecule has 1 aromatic rings. The van der Waals surface area contributed by atoms with Gasteiger partial charge in [0.25, 0.3) is 0 Å². The summed E-state index contributed by atoms with van der Waals surface area (Å²) in [7, 11) is -1.56. The fraction of sp³-hybridized carbons (Fsp3) is 0.720. The first-order chi connectivity index (χ1) is 14.4. The van der Waals surface area contributed by atoms with Gasteiger partial charge in [-0.2, -0.15) is 0 Å². The average Bonchev–Trinajstić information content (AvgIpc) is 2.90. The molecule has 0 spiro atoms. The number of oxime groups is 1. The first-order valence-electron chi connectivity index (χ1n) is 12.0. The van der Waals surface area contributed by atoms with Crippen molar-refractivity contribution in [2.45, 2.75) is 90.3 Å². The van der Waals surface area contributed by atoms with Gasteiger partial charge in [0.15, 0.2) is 8.32 Å². The van der Waals surface area contributed by atoms with Gasteiger partial charge in [-0.25, -0.2) is 0 Å². The molecule has 0 aromatic heterocycles. The predicted octanol–water partition coefficient (Wildman–Crippen LogP) is 6.59. The van der Waals surface area contributed by atoms with Crippen molar-refractivity contribution in [3.63, 3.8) is 0 Å². The summed E-state index contributed by atoms with van der Waals surface area (Å²) in [5, 5.41) is 4.53. The maximum absolute atomic E-state index is 6.81. The van der Waals surface area contributed by atoms with Gasteiger partial charge in [-0.1, -0.05) is 18.1 Å². The van der Waals surface area contributed by atoms with Crippen molar-refractivity contribution in [1.29, 1.82) is 0 Å². The number of benzene rings is 1. The normalized spacial score (nSPS) is 34.1. The van der Waals surface area contributed by atoms with Gasteiger partial charge in [0.1, 0.15) is 12.9 Å². The molecule has 6 heteroatoms. The second kappa shape index (κ2) is 8.03. The zero-order valence-electron chi connectivity index (χ0n) is 20.7. The van der Waals surface area contributed by atoms with E-state index < -0.39 is 16.6 Å². The number of hydrogen-bond acceptors (Lipinski definition) is 4. The van der Waals surface area contributed by atoms with E-state index in [1.54, 1.807) is 12.7 Å². The Morgan fingerprint density at radius 2 is 1.77 bits per heavy atom. The Balaban J connectivity index is 1.66. The molecule has 3 aliphatic rings. The van der Waals surface area contributed by atoms with Gasteiger partial charge in [0.05, 0.1) is 11.8 Å². The summed E-state index contributed by atoms with van der Waals surface area (Å²) in [6, 6.07) is 6.92. The van der Waals surface area contributed by atoms with E-state index in [0.717, 1.165) is 18.6 Å². The highest BCUT2D eigenvalue weighted by molar-refractivity contribution is 6.70. The Bertz CT molecular complexity index is 857. The van der Waals surface area contributed by atoms with Crippen molar-refractivity contribution in [3.8, 4) is 5.75 Å². The maximum Gasteiger partial charge on any atom is 0.242 e. The van der Waals surface area contributed by atoms with Crippen LogP contribution in [0, 0.1) is 17.3 Å². The lowest BCUT2D eigenvalue weighted by atomic mass is 9.55. The summed E-state index contributed by atoms with van der Waals surface area (Å²) in [5.41, 5.74) is 4.39. The van der Waals surface area contributed by atoms with Gasteiger partial charge in [-0.05, 0) is 106 Å². The third-order valence-electron chi connectivity index (χ3n) is 7.53. The van der Waals surface area contributed by atoms with Gasteiger partial charge >= 0.3 is 0 Å². The highest BCUT2D eigenvalue weighted by Crippen LogP contribution is 2.61. The van der Waals surface area contributed by atoms with Crippen molar-refractivity contribution in [2.75, 3.05) is 7.11 Å². The van der Waals surface area contributed by atoms with Crippen LogP contribution in [0.15, 0.2) is 23.4 Å². The molecule has 0 N–H and O–H groups in total. The molecule has 4 rings (SSSR count). The van der Waals surface area contributed by atoms with E-state index in [4.69, 9.17) is 13.7 Å². The molecular weight excluding hydrogens is 418 g/mol. The third kappa shape index (κ3) is 4.53. The standard InChI is InChI=1S/C25H41NO3Si2/c1-25-14-13-20-19-12-10-18(28-30(3,4)5)15-17(19)9-11-21(20)24(25)22(29-31(6,7)8)16-23(25)26-27-2/h10,12,15,20-22,24H,9,11,13-14,16H2,1-8H3/b26-23+/t20-,21-,22+,24-,25-/m1/s1. The molecule has 0 aliphatic heterocycles. The molecule has 3 aliphatic carbocycles. The van der Waals surface area contributed by atoms with Crippen LogP contribution in [0.25, 0.3) is 0 Å². The second-order valence-corrected chi connectivity index (χ2v) is 20.9. The van der Waals surface area contributed by atoms with Crippen molar-refractivity contribution in [3.05, 3.63) is 29.3 Å². The molecule has 4 nitrogen and oxygen atoms in total. The van der Waals surface area contributed by atoms with Gasteiger partial charge in [-0.3, -0.25) is 0 Å². The first-order valence-corrected chi connectivity index (χ1v) is 18.8. The van der Waals surface area contributed by atoms with Crippen LogP contribution in [0.4, 0.5) is 0 Å². The highest BCUT2D eigenvalue weighted by Gasteiger charge is 2.59. The Morgan fingerprint density at radius 1 is 1.03 bits per heavy atom. The zero-order valence-corrected chi connectivity index (χ0v) is 22.7. The van der Waals surface area contributed by atoms with Crippen LogP contribution < -0.4 is 4.43 Å². The van der Waals surface area contributed by atoms with Crippen LogP contribution in [-0.4, -0.2) is 35.6 Å². The Kier molecular flexibility index (Phi) is 5.97. The van der Waals surface area contributed by atoms with Crippen molar-refractivity contribution >= 4 is 22.3 Å². The molecule has 2 fully saturated rings. The quantitative estimate of drug-likeness (QED) is 0.368. The minimum Gasteiger partial charge on any atom is -0.544 e. The van der Waals surface area contributed by atoms with Crippen molar-refractivity contribution in [1.82, 2.24) is 0 Å². The van der Waals surface area contributed by atoms with Crippen LogP contribution in [0.2, 0.25) is 39.3 Å². The van der Waals surface area contributed by atoms with Crippen molar-refractivity contribution in [2.24, 2.45) is 22.4 Å². The molecule has 31 heavy (non-hydrogen) atoms. The molecule has 0 unspecified atom stereocenters. The van der Waals surface area contributed by atoms with Crippen LogP contribution in [-0.2, 0) is 15.7 Å². The number of fused-ring (bicyclic) bond motifs is 5. The van der Waals surface area contributed by atoms with E-state index in [1.807, 2.05) is 0 Å². The van der Waals surface area contributed by atoms with E-state index >= 15 is 0 Å². The topological polar surface area (TPSA) is 40.0 Å². The number of hydrogen-bond donors (Lipinski definition) is 0. The van der Waals surface area contributed by atoms with E-state index in [9.17, 15) is 0 Å². The molecule has 5 atom stereocenters. The van der Waals surface area contributed by atoms with Crippen LogP contribution in [0.3, 0.4) is 0 Å². The number of rotatable bonds is 5. The molecule has 0 bridgehead atoms. The molecule has 0 amide bonds. The van der Waals surface area contributed by atoms with E-state index in [1.165, 1.54) is 30.5 Å². The smallest absolute Gasteiger partial charge is 0.242 e. The minimum atomic E-state index is -1.65. The highest BCUT2D eigenvalue weighted by atomic mass is 28.4. The van der Waals surface area contributed by atoms with Gasteiger partial charge in [-0.15, -0.1) is 0 Å². The molecule has 2 saturated carbocycles. The maximum atomic E-state index is 6.81. The second-order valence-electron chi connectivity index (χ2n) is 12.1. The van der Waals surface area contributed by atoms with Crippen LogP contribution in [0.1, 0.15) is 49.7 Å². The average molecular weight is 460 g/mol. The molecule has 0 radical (unpaired) electrons. The molecule has 1 aromatic carbocycles. The Hall–Kier alpha value is -1.12. The number of aryl methyl sites for hydroxylation is 1. The summed E-state index contributed by atoms with van der Waals surface area (Å²) in [4.78, 5) is 5.30. The minimum absolute atomic E-state index is 0.0971. The Morgan fingerprint density at radius 3 is 2.42 bits per heavy atom. The fourth-order valence-corrected chi connectivity index (χ4v) is 8.59. The lowest BCUT2D eigenvalue weighted by Crippen LogP contribution is -2.47. The molecule has 0 heterocycles. The van der Waals surface area contributed by atoms with E-state index in [-0.39, 0.29) is 11.5 Å². The summed E-state index contributed by atoms with van der Waals surface area (Å²) in [6.45, 7) is 16.1. The molecule has 0 saturated heterocycles. The summed E-state index contributed by atoms with van der Waals surface area (Å²) in [5.74, 6) is 2.86. The zero-order chi connectivity index (χ0) is 22.6. The summed E-state index contributed by atoms with van der Waals surface area (Å²) < 4.78 is 13.1. The lowest BCUT2D eigenvalue weighted by molar-refractivity contribution is 0.0110. The summed E-state index contributed by atoms with van der Waals surface area (Å²) in [6.07, 6.45) is 5.97. The molecule has 172 valence electrons. The number of nitrogens with zero attached hydrogens (tertiary/aromatic N) is 1. The first kappa shape index (κ1) is 23.1. The van der Waals surface area contributed by atoms with Gasteiger partial charge in [0.2, 0.25) is 8.32 Å². The van der Waals surface area contributed by atoms with E-state index in [0.29, 0.717) is 17.8 Å². The van der Waals surface area contributed by atoms with Crippen molar-refractivity contribution < 1.29 is 13.7 Å². The summed E-state index contributed by atoms with van der Waals surface area (Å²) >= 11 is 0. The fourth-order valence-electron chi connectivity index (χ4n) is 6.62. The molecular formula is C25H41NO3Si2. The monoisotopic (exact) mass is 459 g/mol. The predicted molar refractivity (Wildman–Crippen MR) is 133 cm³/mol. The Labute approximate surface area is 191 Å². The lowest BCUT2D eigenvalue weighted by Gasteiger charge is -2.50. The van der Waals surface area contributed by atoms with Gasteiger partial charge < -0.3 is 13.7 Å². The third-order valence-corrected chi connectivity index (χ3v) is 9.39. The van der Waals surface area contributed by atoms with Crippen LogP contribution >= 0.6 is 0 Å². The van der Waals surface area contributed by atoms with Crippen LogP contribution in [0.5, 0.6) is 5.75 Å². The SMILES string of the molecule is CO/N=C1\C[C@H](O[Si](C)(C)C)[C@H]2[C@@H]3CCc4cc(O[Si](C)(C)C)ccc4[C@H]3CC[C@]12C. The largest absolute Gasteiger partial charge is 0.544 e. The van der Waals surface area contributed by atoms with Gasteiger partial charge in [0, 0.05) is 11.8 Å².